The zero-order chi connectivity index (χ0) is 28.6. The highest BCUT2D eigenvalue weighted by Gasteiger charge is 2.26. The van der Waals surface area contributed by atoms with Crippen molar-refractivity contribution in [2.45, 2.75) is 38.5 Å². The molecule has 1 fully saturated rings. The molecule has 0 aliphatic heterocycles. The zero-order valence-electron chi connectivity index (χ0n) is 21.8. The van der Waals surface area contributed by atoms with Gasteiger partial charge in [-0.15, -0.1) is 0 Å². The highest BCUT2D eigenvalue weighted by Crippen LogP contribution is 2.38. The summed E-state index contributed by atoms with van der Waals surface area (Å²) in [5.41, 5.74) is 1.72. The van der Waals surface area contributed by atoms with Crippen LogP contribution in [0.2, 0.25) is 10.0 Å². The van der Waals surface area contributed by atoms with Crippen molar-refractivity contribution in [3.8, 4) is 23.0 Å². The van der Waals surface area contributed by atoms with E-state index in [0.29, 0.717) is 35.2 Å². The minimum Gasteiger partial charge on any atom is -0.493 e. The van der Waals surface area contributed by atoms with Crippen LogP contribution in [0.4, 0.5) is 13.6 Å². The molecule has 12 heteroatoms. The normalized spacial score (nSPS) is 13.5. The molecule has 3 aromatic rings. The van der Waals surface area contributed by atoms with Crippen LogP contribution < -0.4 is 24.3 Å². The number of benzene rings is 2. The van der Waals surface area contributed by atoms with Crippen molar-refractivity contribution in [3.05, 3.63) is 75.5 Å². The van der Waals surface area contributed by atoms with E-state index in [0.717, 1.165) is 18.4 Å². The summed E-state index contributed by atoms with van der Waals surface area (Å²) in [4.78, 5) is 16.9. The Bertz CT molecular complexity index is 1310. The predicted molar refractivity (Wildman–Crippen MR) is 145 cm³/mol. The number of hydrogen-bond donors (Lipinski definition) is 1. The number of carbonyl (C=O) groups is 1. The van der Waals surface area contributed by atoms with E-state index in [1.807, 2.05) is 0 Å². The van der Waals surface area contributed by atoms with Crippen molar-refractivity contribution >= 4 is 29.3 Å². The minimum absolute atomic E-state index is 0.0844. The molecule has 0 saturated heterocycles. The molecule has 1 heterocycles. The van der Waals surface area contributed by atoms with Crippen molar-refractivity contribution in [1.29, 1.82) is 0 Å². The lowest BCUT2D eigenvalue weighted by Crippen LogP contribution is -2.26. The highest BCUT2D eigenvalue weighted by atomic mass is 35.5. The summed E-state index contributed by atoms with van der Waals surface area (Å²) in [5.74, 6) is 1.44. The van der Waals surface area contributed by atoms with Crippen LogP contribution in [-0.4, -0.2) is 38.5 Å². The molecule has 1 N–H and O–H groups in total. The van der Waals surface area contributed by atoms with E-state index < -0.39 is 18.8 Å². The van der Waals surface area contributed by atoms with Crippen LogP contribution in [0.25, 0.3) is 0 Å². The number of rotatable bonds is 13. The highest BCUT2D eigenvalue weighted by molar-refractivity contribution is 6.35. The average Bonchev–Trinajstić information content (AvgIpc) is 3.77. The number of pyridine rings is 1. The minimum atomic E-state index is -3.03. The van der Waals surface area contributed by atoms with E-state index in [9.17, 15) is 13.6 Å². The number of halogens is 4. The molecule has 1 aromatic heterocycles. The third kappa shape index (κ3) is 8.02. The Morgan fingerprint density at radius 1 is 1.00 bits per heavy atom. The Morgan fingerprint density at radius 2 is 1.70 bits per heavy atom. The number of aromatic nitrogens is 1. The Labute approximate surface area is 240 Å². The van der Waals surface area contributed by atoms with Crippen LogP contribution >= 0.6 is 23.2 Å². The standard InChI is InChI=1S/C28H28Cl2F2N2O6/c1-36-22-7-5-17(9-25(22)37-2)12-34-28(35)40-24(11-19-20(29)13-33-14-21(19)30)18-6-8-23(39-27(31)32)26(10-18)38-15-16-3-4-16/h5-10,13-14,16,24,27H,3-4,11-12,15H2,1-2H3,(H,34,35)/t24-/m0/s1. The fraction of sp³-hybridized carbons (Fsp3) is 0.357. The van der Waals surface area contributed by atoms with Gasteiger partial charge in [-0.25, -0.2) is 4.79 Å². The molecule has 214 valence electrons. The first kappa shape index (κ1) is 29.5. The van der Waals surface area contributed by atoms with Gasteiger partial charge in [-0.3, -0.25) is 4.98 Å². The number of hydrogen-bond acceptors (Lipinski definition) is 7. The Hall–Kier alpha value is -3.50. The molecule has 4 rings (SSSR count). The number of nitrogens with one attached hydrogen (secondary N) is 1. The molecular formula is C28H28Cl2F2N2O6. The second-order valence-electron chi connectivity index (χ2n) is 9.06. The second-order valence-corrected chi connectivity index (χ2v) is 9.88. The Kier molecular flexibility index (Phi) is 10.1. The van der Waals surface area contributed by atoms with E-state index >= 15 is 0 Å². The number of alkyl halides is 2. The number of alkyl carbamates (subject to hydrolysis) is 1. The van der Waals surface area contributed by atoms with Crippen molar-refractivity contribution in [2.75, 3.05) is 20.8 Å². The van der Waals surface area contributed by atoms with Gasteiger partial charge in [0, 0.05) is 25.4 Å². The summed E-state index contributed by atoms with van der Waals surface area (Å²) in [7, 11) is 3.05. The predicted octanol–water partition coefficient (Wildman–Crippen LogP) is 7.01. The maximum atomic E-state index is 13.0. The third-order valence-corrected chi connectivity index (χ3v) is 6.85. The lowest BCUT2D eigenvalue weighted by molar-refractivity contribution is -0.0515. The molecule has 1 amide bonds. The number of methoxy groups -OCH3 is 2. The fourth-order valence-electron chi connectivity index (χ4n) is 3.90. The maximum absolute atomic E-state index is 13.0. The van der Waals surface area contributed by atoms with Gasteiger partial charge in [0.25, 0.3) is 0 Å². The summed E-state index contributed by atoms with van der Waals surface area (Å²) in [6, 6.07) is 9.65. The summed E-state index contributed by atoms with van der Waals surface area (Å²) in [6.07, 6.45) is 3.33. The fourth-order valence-corrected chi connectivity index (χ4v) is 4.42. The van der Waals surface area contributed by atoms with Gasteiger partial charge < -0.3 is 29.0 Å². The number of nitrogens with zero attached hydrogens (tertiary/aromatic N) is 1. The van der Waals surface area contributed by atoms with Crippen LogP contribution in [0, 0.1) is 5.92 Å². The molecule has 1 aliphatic rings. The topological polar surface area (TPSA) is 88.1 Å². The second kappa shape index (κ2) is 13.7. The van der Waals surface area contributed by atoms with Gasteiger partial charge >= 0.3 is 12.7 Å². The van der Waals surface area contributed by atoms with Crippen LogP contribution in [0.5, 0.6) is 23.0 Å². The molecular weight excluding hydrogens is 569 g/mol. The van der Waals surface area contributed by atoms with Crippen molar-refractivity contribution in [3.63, 3.8) is 0 Å². The van der Waals surface area contributed by atoms with E-state index in [2.05, 4.69) is 15.0 Å². The van der Waals surface area contributed by atoms with Crippen molar-refractivity contribution in [1.82, 2.24) is 10.3 Å². The zero-order valence-corrected chi connectivity index (χ0v) is 23.3. The monoisotopic (exact) mass is 596 g/mol. The number of amides is 1. The quantitative estimate of drug-likeness (QED) is 0.227. The molecule has 0 unspecified atom stereocenters. The maximum Gasteiger partial charge on any atom is 0.408 e. The van der Waals surface area contributed by atoms with Gasteiger partial charge in [0.05, 0.1) is 30.9 Å². The first-order chi connectivity index (χ1) is 19.3. The molecule has 0 radical (unpaired) electrons. The SMILES string of the molecule is COc1ccc(CNC(=O)O[C@@H](Cc2c(Cl)cncc2Cl)c2ccc(OC(F)F)c(OCC3CC3)c2)cc1OC. The largest absolute Gasteiger partial charge is 0.493 e. The average molecular weight is 597 g/mol. The van der Waals surface area contributed by atoms with Gasteiger partial charge in [-0.2, -0.15) is 8.78 Å². The summed E-state index contributed by atoms with van der Waals surface area (Å²) in [5, 5.41) is 3.29. The van der Waals surface area contributed by atoms with Crippen LogP contribution in [-0.2, 0) is 17.7 Å². The van der Waals surface area contributed by atoms with Gasteiger partial charge in [-0.05, 0) is 59.7 Å². The molecule has 0 spiro atoms. The molecule has 1 atom stereocenters. The third-order valence-electron chi connectivity index (χ3n) is 6.20. The number of carbonyl (C=O) groups excluding carboxylic acids is 1. The van der Waals surface area contributed by atoms with Gasteiger partial charge in [0.1, 0.15) is 6.10 Å². The molecule has 1 saturated carbocycles. The van der Waals surface area contributed by atoms with E-state index in [1.54, 1.807) is 18.2 Å². The van der Waals surface area contributed by atoms with Crippen molar-refractivity contribution in [2.24, 2.45) is 5.92 Å². The summed E-state index contributed by atoms with van der Waals surface area (Å²) in [6.45, 7) is -2.53. The molecule has 1 aliphatic carbocycles. The lowest BCUT2D eigenvalue weighted by atomic mass is 10.0. The van der Waals surface area contributed by atoms with Crippen LogP contribution in [0.15, 0.2) is 48.8 Å². The van der Waals surface area contributed by atoms with Crippen molar-refractivity contribution < 1.29 is 37.3 Å². The number of ether oxygens (including phenoxy) is 5. The summed E-state index contributed by atoms with van der Waals surface area (Å²) >= 11 is 12.7. The lowest BCUT2D eigenvalue weighted by Gasteiger charge is -2.22. The Morgan fingerprint density at radius 3 is 2.35 bits per heavy atom. The molecule has 2 aromatic carbocycles. The van der Waals surface area contributed by atoms with Crippen LogP contribution in [0.1, 0.15) is 35.6 Å². The van der Waals surface area contributed by atoms with Gasteiger partial charge in [-0.1, -0.05) is 35.3 Å². The van der Waals surface area contributed by atoms with Gasteiger partial charge in [0.2, 0.25) is 0 Å². The molecule has 40 heavy (non-hydrogen) atoms. The first-order valence-corrected chi connectivity index (χ1v) is 13.2. The van der Waals surface area contributed by atoms with E-state index in [1.165, 1.54) is 44.8 Å². The van der Waals surface area contributed by atoms with E-state index in [4.69, 9.17) is 42.1 Å². The first-order valence-electron chi connectivity index (χ1n) is 12.4. The van der Waals surface area contributed by atoms with Gasteiger partial charge in [0.15, 0.2) is 23.0 Å². The Balaban J connectivity index is 1.56. The van der Waals surface area contributed by atoms with E-state index in [-0.39, 0.29) is 34.5 Å². The molecule has 0 bridgehead atoms. The van der Waals surface area contributed by atoms with Crippen LogP contribution in [0.3, 0.4) is 0 Å². The smallest absolute Gasteiger partial charge is 0.408 e. The summed E-state index contributed by atoms with van der Waals surface area (Å²) < 4.78 is 52.9. The molecule has 8 nitrogen and oxygen atoms in total.